The molecule has 0 bridgehead atoms. The van der Waals surface area contributed by atoms with Gasteiger partial charge in [-0.2, -0.15) is 0 Å². The molecule has 0 saturated carbocycles. The molecule has 1 atom stereocenters. The number of ether oxygens (including phenoxy) is 2. The second-order valence-corrected chi connectivity index (χ2v) is 3.64. The molecule has 6 heteroatoms. The Morgan fingerprint density at radius 3 is 3.12 bits per heavy atom. The number of hydrogen-bond acceptors (Lipinski definition) is 5. The van der Waals surface area contributed by atoms with E-state index in [2.05, 4.69) is 9.97 Å². The molecule has 17 heavy (non-hydrogen) atoms. The summed E-state index contributed by atoms with van der Waals surface area (Å²) in [4.78, 5) is 18.9. The zero-order chi connectivity index (χ0) is 12.3. The van der Waals surface area contributed by atoms with Gasteiger partial charge >= 0.3 is 5.97 Å². The lowest BCUT2D eigenvalue weighted by molar-refractivity contribution is 0.0510. The molecule has 0 spiro atoms. The Balaban J connectivity index is 2.29. The van der Waals surface area contributed by atoms with Gasteiger partial charge in [0.05, 0.1) is 6.61 Å². The number of carbonyl (C=O) groups is 1. The molecule has 0 N–H and O–H groups in total. The molecule has 1 saturated heterocycles. The van der Waals surface area contributed by atoms with Gasteiger partial charge in [0.25, 0.3) is 0 Å². The van der Waals surface area contributed by atoms with Crippen molar-refractivity contribution in [3.63, 3.8) is 0 Å². The standard InChI is InChI=1S/C11H13FN2O3/c1-2-16-11(15)10-8(12)9(13-6-14-10)7-4-3-5-17-7/h6-7H,2-5H2,1H3. The maximum atomic E-state index is 14.0. The van der Waals surface area contributed by atoms with Crippen LogP contribution in [0.3, 0.4) is 0 Å². The van der Waals surface area contributed by atoms with Crippen LogP contribution in [0.15, 0.2) is 6.33 Å². The number of carbonyl (C=O) groups excluding carboxylic acids is 1. The van der Waals surface area contributed by atoms with Gasteiger partial charge in [-0.15, -0.1) is 0 Å². The summed E-state index contributed by atoms with van der Waals surface area (Å²) in [6.45, 7) is 2.42. The van der Waals surface area contributed by atoms with Crippen molar-refractivity contribution in [3.05, 3.63) is 23.5 Å². The first-order valence-corrected chi connectivity index (χ1v) is 5.53. The van der Waals surface area contributed by atoms with Crippen molar-refractivity contribution < 1.29 is 18.7 Å². The second kappa shape index (κ2) is 5.18. The lowest BCUT2D eigenvalue weighted by atomic mass is 10.1. The van der Waals surface area contributed by atoms with Crippen LogP contribution >= 0.6 is 0 Å². The van der Waals surface area contributed by atoms with Gasteiger partial charge < -0.3 is 9.47 Å². The maximum absolute atomic E-state index is 14.0. The zero-order valence-corrected chi connectivity index (χ0v) is 9.48. The summed E-state index contributed by atoms with van der Waals surface area (Å²) in [6, 6.07) is 0. The molecule has 0 aliphatic carbocycles. The van der Waals surface area contributed by atoms with E-state index in [9.17, 15) is 9.18 Å². The molecular weight excluding hydrogens is 227 g/mol. The van der Waals surface area contributed by atoms with Crippen molar-refractivity contribution in [2.24, 2.45) is 0 Å². The molecule has 2 heterocycles. The summed E-state index contributed by atoms with van der Waals surface area (Å²) < 4.78 is 24.0. The minimum atomic E-state index is -0.772. The average Bonchev–Trinajstić information content (AvgIpc) is 2.83. The first-order chi connectivity index (χ1) is 8.24. The third-order valence-corrected chi connectivity index (χ3v) is 2.52. The Hall–Kier alpha value is -1.56. The van der Waals surface area contributed by atoms with E-state index in [4.69, 9.17) is 9.47 Å². The molecule has 5 nitrogen and oxygen atoms in total. The largest absolute Gasteiger partial charge is 0.461 e. The Kier molecular flexibility index (Phi) is 3.63. The number of rotatable bonds is 3. The molecule has 92 valence electrons. The molecule has 0 aromatic carbocycles. The van der Waals surface area contributed by atoms with Crippen LogP contribution in [0.5, 0.6) is 0 Å². The monoisotopic (exact) mass is 240 g/mol. The molecule has 1 aliphatic heterocycles. The van der Waals surface area contributed by atoms with Crippen molar-refractivity contribution in [2.45, 2.75) is 25.9 Å². The molecule has 1 fully saturated rings. The minimum absolute atomic E-state index is 0.139. The lowest BCUT2D eigenvalue weighted by Crippen LogP contribution is -2.14. The van der Waals surface area contributed by atoms with Crippen LogP contribution in [-0.2, 0) is 9.47 Å². The topological polar surface area (TPSA) is 61.3 Å². The van der Waals surface area contributed by atoms with Gasteiger partial charge in [0.15, 0.2) is 11.5 Å². The number of aromatic nitrogens is 2. The number of esters is 1. The van der Waals surface area contributed by atoms with E-state index < -0.39 is 11.8 Å². The van der Waals surface area contributed by atoms with E-state index in [1.807, 2.05) is 0 Å². The first-order valence-electron chi connectivity index (χ1n) is 5.53. The van der Waals surface area contributed by atoms with Crippen LogP contribution in [0.4, 0.5) is 4.39 Å². The van der Waals surface area contributed by atoms with Gasteiger partial charge in [-0.3, -0.25) is 0 Å². The highest BCUT2D eigenvalue weighted by Crippen LogP contribution is 2.29. The summed E-state index contributed by atoms with van der Waals surface area (Å²) in [5.41, 5.74) is -0.187. The Labute approximate surface area is 98.0 Å². The number of hydrogen-bond donors (Lipinski definition) is 0. The molecule has 0 radical (unpaired) electrons. The fourth-order valence-corrected chi connectivity index (χ4v) is 1.74. The summed E-state index contributed by atoms with van der Waals surface area (Å²) in [5.74, 6) is -1.51. The van der Waals surface area contributed by atoms with Crippen LogP contribution in [0, 0.1) is 5.82 Å². The van der Waals surface area contributed by atoms with Crippen LogP contribution in [-0.4, -0.2) is 29.2 Å². The first kappa shape index (κ1) is 11.9. The Morgan fingerprint density at radius 1 is 1.65 bits per heavy atom. The van der Waals surface area contributed by atoms with Crippen LogP contribution in [0.25, 0.3) is 0 Å². The molecule has 1 aliphatic rings. The van der Waals surface area contributed by atoms with Gasteiger partial charge in [-0.1, -0.05) is 0 Å². The normalized spacial score (nSPS) is 19.3. The van der Waals surface area contributed by atoms with Crippen molar-refractivity contribution in [2.75, 3.05) is 13.2 Å². The Morgan fingerprint density at radius 2 is 2.47 bits per heavy atom. The SMILES string of the molecule is CCOC(=O)c1ncnc(C2CCCO2)c1F. The molecule has 1 aromatic rings. The van der Waals surface area contributed by atoms with Crippen molar-refractivity contribution >= 4 is 5.97 Å². The van der Waals surface area contributed by atoms with Crippen LogP contribution in [0.1, 0.15) is 42.1 Å². The third kappa shape index (κ3) is 2.41. The number of halogens is 1. The highest BCUT2D eigenvalue weighted by molar-refractivity contribution is 5.87. The van der Waals surface area contributed by atoms with Gasteiger partial charge in [0.2, 0.25) is 0 Å². The third-order valence-electron chi connectivity index (χ3n) is 2.52. The van der Waals surface area contributed by atoms with E-state index in [-0.39, 0.29) is 24.1 Å². The van der Waals surface area contributed by atoms with Gasteiger partial charge in [-0.25, -0.2) is 19.2 Å². The van der Waals surface area contributed by atoms with Crippen LogP contribution in [0.2, 0.25) is 0 Å². The fourth-order valence-electron chi connectivity index (χ4n) is 1.74. The van der Waals surface area contributed by atoms with E-state index in [0.717, 1.165) is 12.7 Å². The minimum Gasteiger partial charge on any atom is -0.461 e. The second-order valence-electron chi connectivity index (χ2n) is 3.64. The van der Waals surface area contributed by atoms with Crippen molar-refractivity contribution in [1.29, 1.82) is 0 Å². The van der Waals surface area contributed by atoms with Gasteiger partial charge in [0.1, 0.15) is 18.1 Å². The zero-order valence-electron chi connectivity index (χ0n) is 9.48. The predicted octanol–water partition coefficient (Wildman–Crippen LogP) is 1.64. The molecule has 1 unspecified atom stereocenters. The van der Waals surface area contributed by atoms with Crippen molar-refractivity contribution in [3.8, 4) is 0 Å². The van der Waals surface area contributed by atoms with E-state index >= 15 is 0 Å². The maximum Gasteiger partial charge on any atom is 0.360 e. The van der Waals surface area contributed by atoms with Gasteiger partial charge in [-0.05, 0) is 19.8 Å². The lowest BCUT2D eigenvalue weighted by Gasteiger charge is -2.10. The van der Waals surface area contributed by atoms with E-state index in [1.54, 1.807) is 6.92 Å². The van der Waals surface area contributed by atoms with E-state index in [0.29, 0.717) is 13.0 Å². The smallest absolute Gasteiger partial charge is 0.360 e. The van der Waals surface area contributed by atoms with Crippen molar-refractivity contribution in [1.82, 2.24) is 9.97 Å². The quantitative estimate of drug-likeness (QED) is 0.752. The average molecular weight is 240 g/mol. The predicted molar refractivity (Wildman–Crippen MR) is 55.9 cm³/mol. The molecule has 0 amide bonds. The summed E-state index contributed by atoms with van der Waals surface area (Å²) in [6.07, 6.45) is 2.34. The highest BCUT2D eigenvalue weighted by Gasteiger charge is 2.27. The summed E-state index contributed by atoms with van der Waals surface area (Å²) in [7, 11) is 0. The summed E-state index contributed by atoms with van der Waals surface area (Å²) in [5, 5.41) is 0. The Bertz CT molecular complexity index is 419. The molecule has 2 rings (SSSR count). The highest BCUT2D eigenvalue weighted by atomic mass is 19.1. The van der Waals surface area contributed by atoms with Gasteiger partial charge in [0, 0.05) is 6.61 Å². The fraction of sp³-hybridized carbons (Fsp3) is 0.545. The molecule has 1 aromatic heterocycles. The summed E-state index contributed by atoms with van der Waals surface area (Å²) >= 11 is 0. The number of nitrogens with zero attached hydrogens (tertiary/aromatic N) is 2. The van der Waals surface area contributed by atoms with Crippen LogP contribution < -0.4 is 0 Å². The van der Waals surface area contributed by atoms with E-state index in [1.165, 1.54) is 0 Å². The molecular formula is C11H13FN2O3.